The van der Waals surface area contributed by atoms with Crippen molar-refractivity contribution < 1.29 is 18.9 Å². The first kappa shape index (κ1) is 14.2. The van der Waals surface area contributed by atoms with Crippen LogP contribution in [0.5, 0.6) is 0 Å². The number of aryl methyl sites for hydroxylation is 1. The van der Waals surface area contributed by atoms with Gasteiger partial charge in [-0.05, 0) is 19.8 Å². The Labute approximate surface area is 132 Å². The number of fused-ring (bicyclic) bond motifs is 1. The molecule has 0 aromatic carbocycles. The zero-order chi connectivity index (χ0) is 16.1. The number of carbonyl (C=O) groups is 3. The highest BCUT2D eigenvalue weighted by atomic mass is 16.5. The van der Waals surface area contributed by atoms with E-state index in [0.717, 1.165) is 0 Å². The summed E-state index contributed by atoms with van der Waals surface area (Å²) in [6, 6.07) is 1.37. The van der Waals surface area contributed by atoms with Gasteiger partial charge in [-0.25, -0.2) is 0 Å². The topological polar surface area (TPSA) is 83.7 Å². The van der Waals surface area contributed by atoms with Gasteiger partial charge in [0.15, 0.2) is 5.69 Å². The summed E-state index contributed by atoms with van der Waals surface area (Å²) in [4.78, 5) is 40.1. The molecule has 0 saturated carbocycles. The number of aromatic nitrogens is 1. The van der Waals surface area contributed by atoms with Crippen LogP contribution in [0.3, 0.4) is 0 Å². The molecule has 3 amide bonds. The average molecular weight is 315 g/mol. The molecule has 3 aliphatic rings. The Balaban J connectivity index is 1.43. The van der Waals surface area contributed by atoms with Crippen LogP contribution in [0.15, 0.2) is 22.7 Å². The molecule has 0 spiro atoms. The zero-order valence-electron chi connectivity index (χ0n) is 12.8. The molecule has 0 N–H and O–H groups in total. The van der Waals surface area contributed by atoms with Crippen molar-refractivity contribution in [2.75, 3.05) is 13.1 Å². The van der Waals surface area contributed by atoms with Crippen LogP contribution in [0.4, 0.5) is 0 Å². The highest BCUT2D eigenvalue weighted by molar-refractivity contribution is 6.06. The van der Waals surface area contributed by atoms with Gasteiger partial charge < -0.3 is 9.42 Å². The van der Waals surface area contributed by atoms with Gasteiger partial charge in [-0.1, -0.05) is 17.3 Å². The van der Waals surface area contributed by atoms with Crippen LogP contribution >= 0.6 is 0 Å². The fourth-order valence-corrected chi connectivity index (χ4v) is 3.60. The zero-order valence-corrected chi connectivity index (χ0v) is 12.8. The maximum absolute atomic E-state index is 12.5. The summed E-state index contributed by atoms with van der Waals surface area (Å²) < 4.78 is 4.91. The first-order valence-corrected chi connectivity index (χ1v) is 7.81. The van der Waals surface area contributed by atoms with Gasteiger partial charge in [-0.15, -0.1) is 0 Å². The molecule has 0 bridgehead atoms. The number of imide groups is 1. The minimum absolute atomic E-state index is 0.0845. The number of carbonyl (C=O) groups excluding carboxylic acids is 3. The van der Waals surface area contributed by atoms with Crippen LogP contribution < -0.4 is 0 Å². The molecule has 2 saturated heterocycles. The van der Waals surface area contributed by atoms with E-state index in [4.69, 9.17) is 4.52 Å². The van der Waals surface area contributed by atoms with Crippen LogP contribution in [-0.4, -0.2) is 51.8 Å². The summed E-state index contributed by atoms with van der Waals surface area (Å²) >= 11 is 0. The molecule has 120 valence electrons. The Morgan fingerprint density at radius 3 is 2.30 bits per heavy atom. The molecule has 2 atom stereocenters. The summed E-state index contributed by atoms with van der Waals surface area (Å²) in [6.45, 7) is 2.46. The first-order valence-electron chi connectivity index (χ1n) is 7.81. The maximum atomic E-state index is 12.5. The van der Waals surface area contributed by atoms with Crippen molar-refractivity contribution in [3.63, 3.8) is 0 Å². The second-order valence-electron chi connectivity index (χ2n) is 6.39. The van der Waals surface area contributed by atoms with Gasteiger partial charge in [0.1, 0.15) is 5.76 Å². The third kappa shape index (κ3) is 2.10. The number of allylic oxidation sites excluding steroid dienone is 2. The number of rotatable bonds is 2. The number of nitrogens with zero attached hydrogens (tertiary/aromatic N) is 3. The lowest BCUT2D eigenvalue weighted by Crippen LogP contribution is -2.62. The minimum atomic E-state index is -0.226. The molecular formula is C16H17N3O4. The second kappa shape index (κ2) is 5.04. The van der Waals surface area contributed by atoms with Crippen molar-refractivity contribution in [2.45, 2.75) is 25.8 Å². The summed E-state index contributed by atoms with van der Waals surface area (Å²) in [5, 5.41) is 3.71. The Morgan fingerprint density at radius 1 is 1.17 bits per heavy atom. The number of hydrogen-bond donors (Lipinski definition) is 0. The first-order chi connectivity index (χ1) is 11.1. The highest BCUT2D eigenvalue weighted by Crippen LogP contribution is 2.37. The number of amides is 3. The van der Waals surface area contributed by atoms with Gasteiger partial charge in [-0.3, -0.25) is 19.3 Å². The lowest BCUT2D eigenvalue weighted by molar-refractivity contribution is -0.145. The smallest absolute Gasteiger partial charge is 0.276 e. The van der Waals surface area contributed by atoms with Crippen molar-refractivity contribution in [2.24, 2.45) is 11.8 Å². The molecule has 23 heavy (non-hydrogen) atoms. The van der Waals surface area contributed by atoms with Crippen molar-refractivity contribution in [3.05, 3.63) is 29.7 Å². The molecule has 1 aromatic rings. The molecule has 7 nitrogen and oxygen atoms in total. The normalized spacial score (nSPS) is 27.3. The Hall–Kier alpha value is -2.44. The highest BCUT2D eigenvalue weighted by Gasteiger charge is 2.52. The molecule has 4 rings (SSSR count). The maximum Gasteiger partial charge on any atom is 0.276 e. The van der Waals surface area contributed by atoms with E-state index in [9.17, 15) is 14.4 Å². The van der Waals surface area contributed by atoms with Gasteiger partial charge in [0.05, 0.1) is 17.9 Å². The van der Waals surface area contributed by atoms with E-state index in [0.29, 0.717) is 31.7 Å². The van der Waals surface area contributed by atoms with E-state index in [2.05, 4.69) is 5.16 Å². The van der Waals surface area contributed by atoms with E-state index < -0.39 is 0 Å². The van der Waals surface area contributed by atoms with E-state index >= 15 is 0 Å². The molecular weight excluding hydrogens is 298 g/mol. The molecule has 2 aliphatic heterocycles. The van der Waals surface area contributed by atoms with E-state index in [1.54, 1.807) is 17.9 Å². The van der Waals surface area contributed by atoms with Crippen molar-refractivity contribution >= 4 is 17.7 Å². The van der Waals surface area contributed by atoms with Gasteiger partial charge in [-0.2, -0.15) is 0 Å². The molecule has 7 heteroatoms. The van der Waals surface area contributed by atoms with E-state index in [1.165, 1.54) is 4.90 Å². The number of likely N-dealkylation sites (tertiary alicyclic amines) is 2. The molecule has 1 aromatic heterocycles. The van der Waals surface area contributed by atoms with Gasteiger partial charge in [0, 0.05) is 19.2 Å². The van der Waals surface area contributed by atoms with Crippen LogP contribution in [0.2, 0.25) is 0 Å². The van der Waals surface area contributed by atoms with Gasteiger partial charge in [0.25, 0.3) is 5.91 Å². The quantitative estimate of drug-likeness (QED) is 0.594. The Kier molecular flexibility index (Phi) is 3.11. The predicted molar refractivity (Wildman–Crippen MR) is 78.1 cm³/mol. The van der Waals surface area contributed by atoms with Crippen LogP contribution in [0.1, 0.15) is 29.1 Å². The standard InChI is InChI=1S/C16H17N3O4/c1-9-6-13(17-23-9)16(22)18-7-10(8-18)19-14(20)11-4-2-3-5-12(11)15(19)21/h2-3,6,10-12H,4-5,7-8H2,1H3. The summed E-state index contributed by atoms with van der Waals surface area (Å²) in [5.74, 6) is -0.244. The van der Waals surface area contributed by atoms with Crippen LogP contribution in [-0.2, 0) is 9.59 Å². The van der Waals surface area contributed by atoms with E-state index in [-0.39, 0.29) is 41.3 Å². The fourth-order valence-electron chi connectivity index (χ4n) is 3.60. The molecule has 3 heterocycles. The van der Waals surface area contributed by atoms with Gasteiger partial charge in [0.2, 0.25) is 11.8 Å². The summed E-state index contributed by atoms with van der Waals surface area (Å²) in [7, 11) is 0. The SMILES string of the molecule is Cc1cc(C(=O)N2CC(N3C(=O)C4CC=CCC4C3=O)C2)no1. The van der Waals surface area contributed by atoms with Crippen LogP contribution in [0.25, 0.3) is 0 Å². The summed E-state index contributed by atoms with van der Waals surface area (Å²) in [6.07, 6.45) is 5.22. The minimum Gasteiger partial charge on any atom is -0.361 e. The Bertz CT molecular complexity index is 691. The third-order valence-electron chi connectivity index (χ3n) is 4.90. The van der Waals surface area contributed by atoms with Crippen molar-refractivity contribution in [1.29, 1.82) is 0 Å². The number of hydrogen-bond acceptors (Lipinski definition) is 5. The average Bonchev–Trinajstić information content (AvgIpc) is 3.04. The van der Waals surface area contributed by atoms with Gasteiger partial charge >= 0.3 is 0 Å². The van der Waals surface area contributed by atoms with Crippen molar-refractivity contribution in [3.8, 4) is 0 Å². The molecule has 1 aliphatic carbocycles. The fraction of sp³-hybridized carbons (Fsp3) is 0.500. The Morgan fingerprint density at radius 2 is 1.78 bits per heavy atom. The van der Waals surface area contributed by atoms with Crippen LogP contribution in [0, 0.1) is 18.8 Å². The molecule has 2 unspecified atom stereocenters. The monoisotopic (exact) mass is 315 g/mol. The molecule has 0 radical (unpaired) electrons. The van der Waals surface area contributed by atoms with E-state index in [1.807, 2.05) is 12.2 Å². The predicted octanol–water partition coefficient (Wildman–Crippen LogP) is 0.759. The summed E-state index contributed by atoms with van der Waals surface area (Å²) in [5.41, 5.74) is 0.262. The third-order valence-corrected chi connectivity index (χ3v) is 4.90. The molecule has 2 fully saturated rings. The largest absolute Gasteiger partial charge is 0.361 e. The second-order valence-corrected chi connectivity index (χ2v) is 6.39. The van der Waals surface area contributed by atoms with Crippen molar-refractivity contribution in [1.82, 2.24) is 15.0 Å². The lowest BCUT2D eigenvalue weighted by Gasteiger charge is -2.42. The lowest BCUT2D eigenvalue weighted by atomic mass is 9.85.